The Balaban J connectivity index is 0.000000149. The molecule has 0 aromatic heterocycles. The summed E-state index contributed by atoms with van der Waals surface area (Å²) in [7, 11) is -4.02. The standard InChI is InChI=1S/C7H13NO.C7H8O3S/c9-6-2-1-3-7(6)4-8-5-7;1-6-2-4-7(5-3-6)11(8,9)10/h6,8-9H,1-5H2;2-5H,1H3,(H,8,9,10). The molecule has 0 bridgehead atoms. The number of benzene rings is 1. The Kier molecular flexibility index (Phi) is 4.49. The van der Waals surface area contributed by atoms with E-state index in [1.807, 2.05) is 6.92 Å². The van der Waals surface area contributed by atoms with Crippen LogP contribution in [0.2, 0.25) is 0 Å². The molecular formula is C14H21NO4S. The molecule has 112 valence electrons. The van der Waals surface area contributed by atoms with E-state index in [0.29, 0.717) is 5.41 Å². The Bertz CT molecular complexity index is 549. The second kappa shape index (κ2) is 5.81. The van der Waals surface area contributed by atoms with Crippen LogP contribution in [-0.2, 0) is 10.1 Å². The molecule has 1 aliphatic heterocycles. The minimum atomic E-state index is -4.02. The highest BCUT2D eigenvalue weighted by Gasteiger charge is 2.46. The molecule has 1 aromatic carbocycles. The molecule has 1 saturated carbocycles. The van der Waals surface area contributed by atoms with Crippen molar-refractivity contribution in [3.05, 3.63) is 29.8 Å². The van der Waals surface area contributed by atoms with Gasteiger partial charge in [0.05, 0.1) is 11.0 Å². The maximum Gasteiger partial charge on any atom is 0.294 e. The number of hydrogen-bond donors (Lipinski definition) is 3. The van der Waals surface area contributed by atoms with E-state index >= 15 is 0 Å². The van der Waals surface area contributed by atoms with Gasteiger partial charge in [-0.15, -0.1) is 0 Å². The molecule has 1 aliphatic carbocycles. The quantitative estimate of drug-likeness (QED) is 0.682. The summed E-state index contributed by atoms with van der Waals surface area (Å²) in [5, 5.41) is 12.7. The van der Waals surface area contributed by atoms with Gasteiger partial charge in [0, 0.05) is 18.5 Å². The largest absolute Gasteiger partial charge is 0.392 e. The summed E-state index contributed by atoms with van der Waals surface area (Å²) in [4.78, 5) is -0.0666. The van der Waals surface area contributed by atoms with E-state index in [-0.39, 0.29) is 11.0 Å². The van der Waals surface area contributed by atoms with Gasteiger partial charge in [-0.25, -0.2) is 0 Å². The minimum absolute atomic E-state index is 0.00116. The second-order valence-electron chi connectivity index (χ2n) is 5.66. The Labute approximate surface area is 119 Å². The molecule has 1 atom stereocenters. The molecule has 1 heterocycles. The Morgan fingerprint density at radius 1 is 1.25 bits per heavy atom. The highest BCUT2D eigenvalue weighted by molar-refractivity contribution is 7.85. The zero-order valence-corrected chi connectivity index (χ0v) is 12.4. The van der Waals surface area contributed by atoms with Crippen LogP contribution in [0.25, 0.3) is 0 Å². The fourth-order valence-corrected chi connectivity index (χ4v) is 3.17. The van der Waals surface area contributed by atoms with Crippen molar-refractivity contribution in [1.29, 1.82) is 0 Å². The predicted molar refractivity (Wildman–Crippen MR) is 76.2 cm³/mol. The van der Waals surface area contributed by atoms with Gasteiger partial charge in [-0.1, -0.05) is 24.1 Å². The van der Waals surface area contributed by atoms with Gasteiger partial charge in [-0.3, -0.25) is 4.55 Å². The molecular weight excluding hydrogens is 278 g/mol. The van der Waals surface area contributed by atoms with E-state index in [1.165, 1.54) is 25.0 Å². The molecule has 20 heavy (non-hydrogen) atoms. The molecule has 2 aliphatic rings. The van der Waals surface area contributed by atoms with Crippen LogP contribution in [0.1, 0.15) is 24.8 Å². The van der Waals surface area contributed by atoms with E-state index in [0.717, 1.165) is 25.1 Å². The normalized spacial score (nSPS) is 23.9. The number of aliphatic hydroxyl groups excluding tert-OH is 1. The summed E-state index contributed by atoms with van der Waals surface area (Å²) in [5.74, 6) is 0. The number of aryl methyl sites for hydroxylation is 1. The summed E-state index contributed by atoms with van der Waals surface area (Å²) in [5.41, 5.74) is 1.28. The lowest BCUT2D eigenvalue weighted by Crippen LogP contribution is -2.57. The molecule has 5 nitrogen and oxygen atoms in total. The Morgan fingerprint density at radius 2 is 1.85 bits per heavy atom. The van der Waals surface area contributed by atoms with Crippen LogP contribution in [0.5, 0.6) is 0 Å². The van der Waals surface area contributed by atoms with Crippen LogP contribution in [0.4, 0.5) is 0 Å². The van der Waals surface area contributed by atoms with Crippen molar-refractivity contribution >= 4 is 10.1 Å². The van der Waals surface area contributed by atoms with Crippen molar-refractivity contribution in [1.82, 2.24) is 5.32 Å². The smallest absolute Gasteiger partial charge is 0.294 e. The molecule has 1 saturated heterocycles. The third-order valence-electron chi connectivity index (χ3n) is 4.13. The summed E-state index contributed by atoms with van der Waals surface area (Å²) in [6.07, 6.45) is 3.49. The van der Waals surface area contributed by atoms with Gasteiger partial charge in [0.1, 0.15) is 0 Å². The molecule has 2 fully saturated rings. The number of aliphatic hydroxyl groups is 1. The van der Waals surface area contributed by atoms with Crippen molar-refractivity contribution < 1.29 is 18.1 Å². The third kappa shape index (κ3) is 3.38. The molecule has 1 aromatic rings. The molecule has 1 spiro atoms. The van der Waals surface area contributed by atoms with E-state index in [9.17, 15) is 13.5 Å². The average molecular weight is 299 g/mol. The first-order valence-electron chi connectivity index (χ1n) is 6.76. The monoisotopic (exact) mass is 299 g/mol. The van der Waals surface area contributed by atoms with Gasteiger partial charge in [0.2, 0.25) is 0 Å². The fourth-order valence-electron chi connectivity index (χ4n) is 2.69. The molecule has 0 amide bonds. The number of rotatable bonds is 1. The van der Waals surface area contributed by atoms with Crippen molar-refractivity contribution in [3.8, 4) is 0 Å². The van der Waals surface area contributed by atoms with Gasteiger partial charge in [-0.05, 0) is 31.9 Å². The van der Waals surface area contributed by atoms with Crippen LogP contribution >= 0.6 is 0 Å². The number of hydrogen-bond acceptors (Lipinski definition) is 4. The van der Waals surface area contributed by atoms with E-state index < -0.39 is 10.1 Å². The summed E-state index contributed by atoms with van der Waals surface area (Å²) in [6, 6.07) is 5.99. The second-order valence-corrected chi connectivity index (χ2v) is 7.08. The molecule has 0 radical (unpaired) electrons. The molecule has 3 rings (SSSR count). The molecule has 6 heteroatoms. The lowest BCUT2D eigenvalue weighted by molar-refractivity contribution is 0.0122. The lowest BCUT2D eigenvalue weighted by atomic mass is 9.78. The topological polar surface area (TPSA) is 86.6 Å². The first-order valence-corrected chi connectivity index (χ1v) is 8.20. The average Bonchev–Trinajstić information content (AvgIpc) is 2.71. The van der Waals surface area contributed by atoms with E-state index in [2.05, 4.69) is 5.32 Å². The highest BCUT2D eigenvalue weighted by atomic mass is 32.2. The molecule has 1 unspecified atom stereocenters. The maximum absolute atomic E-state index is 10.5. The first kappa shape index (κ1) is 15.4. The van der Waals surface area contributed by atoms with Gasteiger partial charge >= 0.3 is 0 Å². The van der Waals surface area contributed by atoms with Crippen molar-refractivity contribution in [2.24, 2.45) is 5.41 Å². The van der Waals surface area contributed by atoms with Gasteiger partial charge in [-0.2, -0.15) is 8.42 Å². The first-order chi connectivity index (χ1) is 9.33. The highest BCUT2D eigenvalue weighted by Crippen LogP contribution is 2.41. The van der Waals surface area contributed by atoms with E-state index in [1.54, 1.807) is 12.1 Å². The zero-order chi connectivity index (χ0) is 14.8. The van der Waals surface area contributed by atoms with Crippen LogP contribution in [0.15, 0.2) is 29.2 Å². The SMILES string of the molecule is Cc1ccc(S(=O)(=O)O)cc1.OC1CCCC12CNC2. The molecule has 3 N–H and O–H groups in total. The summed E-state index contributed by atoms with van der Waals surface area (Å²) in [6.45, 7) is 3.94. The summed E-state index contributed by atoms with van der Waals surface area (Å²) < 4.78 is 29.6. The van der Waals surface area contributed by atoms with Crippen LogP contribution in [0, 0.1) is 12.3 Å². The van der Waals surface area contributed by atoms with Crippen LogP contribution in [0.3, 0.4) is 0 Å². The summed E-state index contributed by atoms with van der Waals surface area (Å²) >= 11 is 0. The maximum atomic E-state index is 10.5. The van der Waals surface area contributed by atoms with Crippen molar-refractivity contribution in [2.45, 2.75) is 37.2 Å². The van der Waals surface area contributed by atoms with Crippen LogP contribution in [-0.4, -0.2) is 37.3 Å². The predicted octanol–water partition coefficient (Wildman–Crippen LogP) is 1.36. The minimum Gasteiger partial charge on any atom is -0.392 e. The lowest BCUT2D eigenvalue weighted by Gasteiger charge is -2.42. The third-order valence-corrected chi connectivity index (χ3v) is 5.00. The van der Waals surface area contributed by atoms with Gasteiger partial charge in [0.25, 0.3) is 10.1 Å². The number of nitrogens with one attached hydrogen (secondary N) is 1. The fraction of sp³-hybridized carbons (Fsp3) is 0.571. The Morgan fingerprint density at radius 3 is 2.15 bits per heavy atom. The zero-order valence-electron chi connectivity index (χ0n) is 11.5. The van der Waals surface area contributed by atoms with Gasteiger partial charge in [0.15, 0.2) is 0 Å². The van der Waals surface area contributed by atoms with Crippen LogP contribution < -0.4 is 5.32 Å². The Hall–Kier alpha value is -0.950. The van der Waals surface area contributed by atoms with E-state index in [4.69, 9.17) is 4.55 Å². The van der Waals surface area contributed by atoms with Crippen molar-refractivity contribution in [3.63, 3.8) is 0 Å². The van der Waals surface area contributed by atoms with Crippen molar-refractivity contribution in [2.75, 3.05) is 13.1 Å². The van der Waals surface area contributed by atoms with Gasteiger partial charge < -0.3 is 10.4 Å².